The third-order valence-electron chi connectivity index (χ3n) is 4.07. The SMILES string of the molecule is O=C(c1cc(-c2cccs2)[nH]n1)N1CCS[C@H](c2cccs2)CC1. The Morgan fingerprint density at radius 1 is 1.21 bits per heavy atom. The molecule has 3 aromatic heterocycles. The number of H-pyrrole nitrogens is 1. The molecule has 0 aromatic carbocycles. The van der Waals surface area contributed by atoms with Gasteiger partial charge in [0.25, 0.3) is 5.91 Å². The minimum Gasteiger partial charge on any atom is -0.336 e. The Morgan fingerprint density at radius 2 is 2.08 bits per heavy atom. The van der Waals surface area contributed by atoms with E-state index in [1.165, 1.54) is 4.88 Å². The first-order chi connectivity index (χ1) is 11.8. The van der Waals surface area contributed by atoms with Crippen LogP contribution in [0.3, 0.4) is 0 Å². The van der Waals surface area contributed by atoms with Gasteiger partial charge in [-0.3, -0.25) is 9.89 Å². The van der Waals surface area contributed by atoms with Gasteiger partial charge in [-0.1, -0.05) is 12.1 Å². The summed E-state index contributed by atoms with van der Waals surface area (Å²) in [6.07, 6.45) is 0.999. The van der Waals surface area contributed by atoms with Gasteiger partial charge in [0.2, 0.25) is 0 Å². The van der Waals surface area contributed by atoms with Crippen molar-refractivity contribution in [3.05, 3.63) is 51.7 Å². The topological polar surface area (TPSA) is 49.0 Å². The number of aromatic amines is 1. The number of nitrogens with one attached hydrogen (secondary N) is 1. The molecule has 4 rings (SSSR count). The first kappa shape index (κ1) is 15.9. The van der Waals surface area contributed by atoms with Gasteiger partial charge in [-0.25, -0.2) is 0 Å². The summed E-state index contributed by atoms with van der Waals surface area (Å²) in [7, 11) is 0. The Hall–Kier alpha value is -1.57. The lowest BCUT2D eigenvalue weighted by Gasteiger charge is -2.18. The molecule has 1 N–H and O–H groups in total. The van der Waals surface area contributed by atoms with Crippen molar-refractivity contribution in [2.45, 2.75) is 11.7 Å². The number of carbonyl (C=O) groups is 1. The number of amides is 1. The van der Waals surface area contributed by atoms with Gasteiger partial charge in [0.15, 0.2) is 5.69 Å². The summed E-state index contributed by atoms with van der Waals surface area (Å²) in [5.41, 5.74) is 1.42. The number of rotatable bonds is 3. The molecule has 0 aliphatic carbocycles. The van der Waals surface area contributed by atoms with Crippen LogP contribution >= 0.6 is 34.4 Å². The van der Waals surface area contributed by atoms with Crippen LogP contribution in [0.4, 0.5) is 0 Å². The minimum absolute atomic E-state index is 0.0292. The van der Waals surface area contributed by atoms with Crippen molar-refractivity contribution in [2.75, 3.05) is 18.8 Å². The molecular formula is C17H17N3OS3. The van der Waals surface area contributed by atoms with Crippen LogP contribution in [0.25, 0.3) is 10.6 Å². The maximum absolute atomic E-state index is 12.8. The summed E-state index contributed by atoms with van der Waals surface area (Å²) in [5.74, 6) is 0.998. The first-order valence-electron chi connectivity index (χ1n) is 7.85. The second-order valence-electron chi connectivity index (χ2n) is 5.60. The molecule has 4 nitrogen and oxygen atoms in total. The lowest BCUT2D eigenvalue weighted by molar-refractivity contribution is 0.0761. The maximum Gasteiger partial charge on any atom is 0.274 e. The number of aromatic nitrogens is 2. The van der Waals surface area contributed by atoms with E-state index < -0.39 is 0 Å². The summed E-state index contributed by atoms with van der Waals surface area (Å²) < 4.78 is 0. The van der Waals surface area contributed by atoms with E-state index in [2.05, 4.69) is 27.7 Å². The molecule has 7 heteroatoms. The Balaban J connectivity index is 1.45. The van der Waals surface area contributed by atoms with Gasteiger partial charge < -0.3 is 4.90 Å². The van der Waals surface area contributed by atoms with Gasteiger partial charge in [-0.05, 0) is 35.4 Å². The third-order valence-corrected chi connectivity index (χ3v) is 7.42. The maximum atomic E-state index is 12.8. The molecule has 3 aromatic rings. The quantitative estimate of drug-likeness (QED) is 0.732. The smallest absolute Gasteiger partial charge is 0.274 e. The van der Waals surface area contributed by atoms with E-state index in [1.54, 1.807) is 22.7 Å². The predicted octanol–water partition coefficient (Wildman–Crippen LogP) is 4.52. The Bertz CT molecular complexity index is 795. The van der Waals surface area contributed by atoms with E-state index in [0.717, 1.165) is 35.8 Å². The summed E-state index contributed by atoms with van der Waals surface area (Å²) in [6, 6.07) is 10.2. The molecule has 0 spiro atoms. The van der Waals surface area contributed by atoms with Crippen LogP contribution in [0.1, 0.15) is 27.0 Å². The van der Waals surface area contributed by atoms with Gasteiger partial charge in [0.05, 0.1) is 10.6 Å². The summed E-state index contributed by atoms with van der Waals surface area (Å²) in [6.45, 7) is 1.57. The average molecular weight is 376 g/mol. The summed E-state index contributed by atoms with van der Waals surface area (Å²) in [5, 5.41) is 11.9. The van der Waals surface area contributed by atoms with Crippen molar-refractivity contribution >= 4 is 40.3 Å². The zero-order valence-electron chi connectivity index (χ0n) is 13.0. The molecule has 24 heavy (non-hydrogen) atoms. The van der Waals surface area contributed by atoms with E-state index >= 15 is 0 Å². The van der Waals surface area contributed by atoms with Crippen LogP contribution in [0.15, 0.2) is 41.1 Å². The lowest BCUT2D eigenvalue weighted by atomic mass is 10.2. The van der Waals surface area contributed by atoms with Crippen LogP contribution in [0.2, 0.25) is 0 Å². The van der Waals surface area contributed by atoms with Crippen LogP contribution < -0.4 is 0 Å². The second kappa shape index (κ2) is 7.13. The van der Waals surface area contributed by atoms with Gasteiger partial charge in [0.1, 0.15) is 0 Å². The van der Waals surface area contributed by atoms with Crippen molar-refractivity contribution in [3.63, 3.8) is 0 Å². The molecule has 0 radical (unpaired) electrons. The molecule has 0 saturated carbocycles. The number of nitrogens with zero attached hydrogens (tertiary/aromatic N) is 2. The largest absolute Gasteiger partial charge is 0.336 e. The standard InChI is InChI=1S/C17H17N3OS3/c21-17(13-11-12(18-19-13)14-3-1-8-22-14)20-6-5-16(24-10-7-20)15-4-2-9-23-15/h1-4,8-9,11,16H,5-7,10H2,(H,18,19)/t16-/m0/s1. The van der Waals surface area contributed by atoms with Gasteiger partial charge in [0, 0.05) is 29.0 Å². The minimum atomic E-state index is 0.0292. The Labute approximate surface area is 152 Å². The molecule has 1 aliphatic rings. The van der Waals surface area contributed by atoms with E-state index in [1.807, 2.05) is 40.2 Å². The van der Waals surface area contributed by atoms with Crippen molar-refractivity contribution in [1.29, 1.82) is 0 Å². The van der Waals surface area contributed by atoms with E-state index in [-0.39, 0.29) is 5.91 Å². The molecule has 1 aliphatic heterocycles. The Kier molecular flexibility index (Phi) is 4.73. The molecule has 1 amide bonds. The van der Waals surface area contributed by atoms with Crippen LogP contribution in [-0.4, -0.2) is 39.8 Å². The second-order valence-corrected chi connectivity index (χ2v) is 8.84. The van der Waals surface area contributed by atoms with E-state index in [4.69, 9.17) is 0 Å². The number of hydrogen-bond donors (Lipinski definition) is 1. The number of thiophene rings is 2. The fourth-order valence-electron chi connectivity index (χ4n) is 2.83. The zero-order chi connectivity index (χ0) is 16.4. The van der Waals surface area contributed by atoms with Crippen molar-refractivity contribution in [1.82, 2.24) is 15.1 Å². The molecule has 1 saturated heterocycles. The van der Waals surface area contributed by atoms with Crippen LogP contribution in [0, 0.1) is 0 Å². The average Bonchev–Trinajstić information content (AvgIpc) is 3.33. The Morgan fingerprint density at radius 3 is 2.88 bits per heavy atom. The van der Waals surface area contributed by atoms with Crippen molar-refractivity contribution in [2.24, 2.45) is 0 Å². The fraction of sp³-hybridized carbons (Fsp3) is 0.294. The van der Waals surface area contributed by atoms with Gasteiger partial charge in [-0.15, -0.1) is 22.7 Å². The molecule has 124 valence electrons. The molecule has 1 fully saturated rings. The highest BCUT2D eigenvalue weighted by Crippen LogP contribution is 2.37. The molecule has 1 atom stereocenters. The molecular weight excluding hydrogens is 358 g/mol. The highest BCUT2D eigenvalue weighted by atomic mass is 32.2. The molecule has 0 bridgehead atoms. The van der Waals surface area contributed by atoms with Gasteiger partial charge >= 0.3 is 0 Å². The normalized spacial score (nSPS) is 18.5. The van der Waals surface area contributed by atoms with Crippen LogP contribution in [-0.2, 0) is 0 Å². The number of carbonyl (C=O) groups excluding carboxylic acids is 1. The monoisotopic (exact) mass is 375 g/mol. The van der Waals surface area contributed by atoms with Crippen molar-refractivity contribution < 1.29 is 4.79 Å². The highest BCUT2D eigenvalue weighted by molar-refractivity contribution is 7.99. The third kappa shape index (κ3) is 3.29. The number of thioether (sulfide) groups is 1. The van der Waals surface area contributed by atoms with Crippen molar-refractivity contribution in [3.8, 4) is 10.6 Å². The molecule has 0 unspecified atom stereocenters. The van der Waals surface area contributed by atoms with Crippen LogP contribution in [0.5, 0.6) is 0 Å². The number of hydrogen-bond acceptors (Lipinski definition) is 5. The zero-order valence-corrected chi connectivity index (χ0v) is 15.4. The van der Waals surface area contributed by atoms with E-state index in [9.17, 15) is 4.79 Å². The summed E-state index contributed by atoms with van der Waals surface area (Å²) >= 11 is 5.40. The van der Waals surface area contributed by atoms with Gasteiger partial charge in [-0.2, -0.15) is 16.9 Å². The predicted molar refractivity (Wildman–Crippen MR) is 102 cm³/mol. The summed E-state index contributed by atoms with van der Waals surface area (Å²) in [4.78, 5) is 17.2. The molecule has 4 heterocycles. The first-order valence-corrected chi connectivity index (χ1v) is 10.7. The highest BCUT2D eigenvalue weighted by Gasteiger charge is 2.24. The fourth-order valence-corrected chi connectivity index (χ4v) is 5.76. The van der Waals surface area contributed by atoms with E-state index in [0.29, 0.717) is 10.9 Å². The lowest BCUT2D eigenvalue weighted by Crippen LogP contribution is -2.33.